The highest BCUT2D eigenvalue weighted by Crippen LogP contribution is 2.12. The molecule has 3 heteroatoms. The Balaban J connectivity index is 1.97. The summed E-state index contributed by atoms with van der Waals surface area (Å²) in [5.74, 6) is 0.397. The summed E-state index contributed by atoms with van der Waals surface area (Å²) in [5, 5.41) is 0. The van der Waals surface area contributed by atoms with E-state index in [1.54, 1.807) is 0 Å². The van der Waals surface area contributed by atoms with Crippen molar-refractivity contribution in [3.8, 4) is 0 Å². The number of rotatable bonds is 2. The molecule has 1 saturated heterocycles. The van der Waals surface area contributed by atoms with E-state index in [4.69, 9.17) is 0 Å². The fourth-order valence-electron chi connectivity index (χ4n) is 1.86. The summed E-state index contributed by atoms with van der Waals surface area (Å²) < 4.78 is 0. The van der Waals surface area contributed by atoms with Gasteiger partial charge in [0.1, 0.15) is 5.78 Å². The SMILES string of the molecule is Cc1ccncc1CN1CCC(=O)CC1. The third kappa shape index (κ3) is 2.63. The second-order valence-corrected chi connectivity index (χ2v) is 4.12. The quantitative estimate of drug-likeness (QED) is 0.733. The van der Waals surface area contributed by atoms with E-state index in [1.807, 2.05) is 18.5 Å². The average molecular weight is 204 g/mol. The van der Waals surface area contributed by atoms with Gasteiger partial charge < -0.3 is 0 Å². The highest BCUT2D eigenvalue weighted by molar-refractivity contribution is 5.79. The second-order valence-electron chi connectivity index (χ2n) is 4.12. The van der Waals surface area contributed by atoms with E-state index in [0.29, 0.717) is 18.6 Å². The van der Waals surface area contributed by atoms with Gasteiger partial charge in [0.25, 0.3) is 0 Å². The van der Waals surface area contributed by atoms with Gasteiger partial charge in [-0.3, -0.25) is 14.7 Å². The summed E-state index contributed by atoms with van der Waals surface area (Å²) in [6.45, 7) is 4.82. The highest BCUT2D eigenvalue weighted by atomic mass is 16.1. The molecular weight excluding hydrogens is 188 g/mol. The zero-order valence-electron chi connectivity index (χ0n) is 9.07. The molecule has 0 atom stereocenters. The van der Waals surface area contributed by atoms with Crippen molar-refractivity contribution < 1.29 is 4.79 Å². The summed E-state index contributed by atoms with van der Waals surface area (Å²) in [4.78, 5) is 17.5. The molecule has 0 aromatic carbocycles. The van der Waals surface area contributed by atoms with Crippen molar-refractivity contribution in [2.45, 2.75) is 26.3 Å². The van der Waals surface area contributed by atoms with Crippen molar-refractivity contribution in [3.63, 3.8) is 0 Å². The molecule has 1 aromatic heterocycles. The number of Topliss-reactive ketones (excluding diaryl/α,β-unsaturated/α-hetero) is 1. The van der Waals surface area contributed by atoms with E-state index in [2.05, 4.69) is 16.8 Å². The molecule has 1 aliphatic heterocycles. The van der Waals surface area contributed by atoms with Crippen LogP contribution in [-0.4, -0.2) is 28.8 Å². The molecule has 0 aliphatic carbocycles. The fraction of sp³-hybridized carbons (Fsp3) is 0.500. The van der Waals surface area contributed by atoms with Crippen LogP contribution in [0.25, 0.3) is 0 Å². The molecule has 1 aromatic rings. The van der Waals surface area contributed by atoms with E-state index in [1.165, 1.54) is 11.1 Å². The van der Waals surface area contributed by atoms with Crippen LogP contribution < -0.4 is 0 Å². The van der Waals surface area contributed by atoms with Gasteiger partial charge in [0.05, 0.1) is 0 Å². The van der Waals surface area contributed by atoms with Crippen molar-refractivity contribution in [2.75, 3.05) is 13.1 Å². The van der Waals surface area contributed by atoms with Crippen molar-refractivity contribution in [2.24, 2.45) is 0 Å². The lowest BCUT2D eigenvalue weighted by molar-refractivity contribution is -0.121. The third-order valence-electron chi connectivity index (χ3n) is 2.96. The molecule has 80 valence electrons. The normalized spacial score (nSPS) is 18.1. The molecule has 0 amide bonds. The minimum atomic E-state index is 0.397. The molecule has 1 aliphatic rings. The van der Waals surface area contributed by atoms with Crippen molar-refractivity contribution in [1.82, 2.24) is 9.88 Å². The van der Waals surface area contributed by atoms with Crippen molar-refractivity contribution in [3.05, 3.63) is 29.6 Å². The first kappa shape index (κ1) is 10.3. The van der Waals surface area contributed by atoms with Gasteiger partial charge in [0.2, 0.25) is 0 Å². The summed E-state index contributed by atoms with van der Waals surface area (Å²) in [6.07, 6.45) is 5.16. The van der Waals surface area contributed by atoms with Gasteiger partial charge in [0, 0.05) is 44.9 Å². The maximum absolute atomic E-state index is 11.1. The number of carbonyl (C=O) groups excluding carboxylic acids is 1. The zero-order valence-corrected chi connectivity index (χ0v) is 9.07. The van der Waals surface area contributed by atoms with Gasteiger partial charge in [-0.15, -0.1) is 0 Å². The highest BCUT2D eigenvalue weighted by Gasteiger charge is 2.16. The molecular formula is C12H16N2O. The molecule has 0 N–H and O–H groups in total. The van der Waals surface area contributed by atoms with Gasteiger partial charge in [0.15, 0.2) is 0 Å². The van der Waals surface area contributed by atoms with E-state index >= 15 is 0 Å². The second kappa shape index (κ2) is 4.53. The van der Waals surface area contributed by atoms with Gasteiger partial charge in [-0.1, -0.05) is 0 Å². The predicted octanol–water partition coefficient (Wildman–Crippen LogP) is 1.55. The number of pyridine rings is 1. The molecule has 3 nitrogen and oxygen atoms in total. The van der Waals surface area contributed by atoms with Crippen LogP contribution in [0.15, 0.2) is 18.5 Å². The van der Waals surface area contributed by atoms with Gasteiger partial charge in [-0.2, -0.15) is 0 Å². The number of aryl methyl sites for hydroxylation is 1. The van der Waals surface area contributed by atoms with Gasteiger partial charge in [-0.05, 0) is 24.1 Å². The van der Waals surface area contributed by atoms with Crippen LogP contribution in [0.1, 0.15) is 24.0 Å². The van der Waals surface area contributed by atoms with Crippen LogP contribution in [0.5, 0.6) is 0 Å². The Morgan fingerprint density at radius 1 is 1.40 bits per heavy atom. The number of carbonyl (C=O) groups is 1. The Kier molecular flexibility index (Phi) is 3.11. The van der Waals surface area contributed by atoms with Crippen molar-refractivity contribution >= 4 is 5.78 Å². The summed E-state index contributed by atoms with van der Waals surface area (Å²) in [7, 11) is 0. The minimum absolute atomic E-state index is 0.397. The molecule has 0 radical (unpaired) electrons. The topological polar surface area (TPSA) is 33.2 Å². The van der Waals surface area contributed by atoms with Crippen LogP contribution in [-0.2, 0) is 11.3 Å². The molecule has 2 heterocycles. The average Bonchev–Trinajstić information content (AvgIpc) is 2.25. The fourth-order valence-corrected chi connectivity index (χ4v) is 1.86. The van der Waals surface area contributed by atoms with Crippen LogP contribution in [0, 0.1) is 6.92 Å². The van der Waals surface area contributed by atoms with E-state index in [9.17, 15) is 4.79 Å². The zero-order chi connectivity index (χ0) is 10.7. The first-order valence-electron chi connectivity index (χ1n) is 5.39. The number of hydrogen-bond donors (Lipinski definition) is 0. The molecule has 0 saturated carbocycles. The number of ketones is 1. The van der Waals surface area contributed by atoms with Crippen LogP contribution >= 0.6 is 0 Å². The maximum Gasteiger partial charge on any atom is 0.135 e. The van der Waals surface area contributed by atoms with E-state index in [0.717, 1.165) is 19.6 Å². The Labute approximate surface area is 90.1 Å². The Morgan fingerprint density at radius 2 is 2.13 bits per heavy atom. The first-order chi connectivity index (χ1) is 7.25. The predicted molar refractivity (Wildman–Crippen MR) is 58.5 cm³/mol. The molecule has 0 spiro atoms. The number of likely N-dealkylation sites (tertiary alicyclic amines) is 1. The van der Waals surface area contributed by atoms with Crippen molar-refractivity contribution in [1.29, 1.82) is 0 Å². The summed E-state index contributed by atoms with van der Waals surface area (Å²) in [5.41, 5.74) is 2.55. The van der Waals surface area contributed by atoms with E-state index in [-0.39, 0.29) is 0 Å². The molecule has 2 rings (SSSR count). The van der Waals surface area contributed by atoms with Gasteiger partial charge in [-0.25, -0.2) is 0 Å². The summed E-state index contributed by atoms with van der Waals surface area (Å²) in [6, 6.07) is 2.03. The third-order valence-corrected chi connectivity index (χ3v) is 2.96. The number of hydrogen-bond acceptors (Lipinski definition) is 3. The Morgan fingerprint density at radius 3 is 2.80 bits per heavy atom. The lowest BCUT2D eigenvalue weighted by Crippen LogP contribution is -2.33. The molecule has 0 unspecified atom stereocenters. The lowest BCUT2D eigenvalue weighted by Gasteiger charge is -2.26. The van der Waals surface area contributed by atoms with Gasteiger partial charge >= 0.3 is 0 Å². The number of piperidine rings is 1. The monoisotopic (exact) mass is 204 g/mol. The number of nitrogens with zero attached hydrogens (tertiary/aromatic N) is 2. The Bertz CT molecular complexity index is 352. The maximum atomic E-state index is 11.1. The summed E-state index contributed by atoms with van der Waals surface area (Å²) >= 11 is 0. The number of aromatic nitrogens is 1. The first-order valence-corrected chi connectivity index (χ1v) is 5.39. The lowest BCUT2D eigenvalue weighted by atomic mass is 10.1. The molecule has 0 bridgehead atoms. The molecule has 1 fully saturated rings. The van der Waals surface area contributed by atoms with Crippen LogP contribution in [0.2, 0.25) is 0 Å². The Hall–Kier alpha value is -1.22. The standard InChI is InChI=1S/C12H16N2O/c1-10-2-5-13-8-11(10)9-14-6-3-12(15)4-7-14/h2,5,8H,3-4,6-7,9H2,1H3. The smallest absolute Gasteiger partial charge is 0.135 e. The van der Waals surface area contributed by atoms with Crippen LogP contribution in [0.3, 0.4) is 0 Å². The largest absolute Gasteiger partial charge is 0.300 e. The van der Waals surface area contributed by atoms with E-state index < -0.39 is 0 Å². The minimum Gasteiger partial charge on any atom is -0.300 e. The molecule has 15 heavy (non-hydrogen) atoms. The van der Waals surface area contributed by atoms with Crippen LogP contribution in [0.4, 0.5) is 0 Å².